The highest BCUT2D eigenvalue weighted by atomic mass is 19.4. The van der Waals surface area contributed by atoms with Gasteiger partial charge in [0.25, 0.3) is 0 Å². The third-order valence-corrected chi connectivity index (χ3v) is 3.43. The Bertz CT molecular complexity index is 222. The van der Waals surface area contributed by atoms with Crippen LogP contribution in [0.5, 0.6) is 0 Å². The van der Waals surface area contributed by atoms with Gasteiger partial charge in [0.05, 0.1) is 5.60 Å². The molecule has 5 heteroatoms. The molecule has 0 aromatic rings. The van der Waals surface area contributed by atoms with Gasteiger partial charge in [0.1, 0.15) is 0 Å². The van der Waals surface area contributed by atoms with Gasteiger partial charge in [-0.3, -0.25) is 0 Å². The van der Waals surface area contributed by atoms with Crippen LogP contribution >= 0.6 is 0 Å². The zero-order valence-electron chi connectivity index (χ0n) is 10.4. The molecule has 1 aliphatic heterocycles. The molecule has 1 heterocycles. The van der Waals surface area contributed by atoms with Crippen molar-refractivity contribution in [1.82, 2.24) is 4.90 Å². The fourth-order valence-electron chi connectivity index (χ4n) is 2.38. The highest BCUT2D eigenvalue weighted by molar-refractivity contribution is 4.85. The van der Waals surface area contributed by atoms with Gasteiger partial charge in [-0.25, -0.2) is 0 Å². The quantitative estimate of drug-likeness (QED) is 0.814. The maximum absolute atomic E-state index is 12.0. The van der Waals surface area contributed by atoms with E-state index in [0.717, 1.165) is 26.1 Å². The van der Waals surface area contributed by atoms with E-state index in [2.05, 4.69) is 11.8 Å². The number of piperidine rings is 1. The fourth-order valence-corrected chi connectivity index (χ4v) is 2.38. The Hall–Kier alpha value is -0.290. The smallest absolute Gasteiger partial charge is 0.389 e. The monoisotopic (exact) mass is 253 g/mol. The molecule has 0 saturated carbocycles. The number of aliphatic hydroxyl groups is 1. The molecule has 2 nitrogen and oxygen atoms in total. The van der Waals surface area contributed by atoms with Gasteiger partial charge in [0, 0.05) is 19.5 Å². The van der Waals surface area contributed by atoms with Crippen molar-refractivity contribution in [2.75, 3.05) is 19.6 Å². The molecule has 1 rings (SSSR count). The van der Waals surface area contributed by atoms with Crippen molar-refractivity contribution in [2.45, 2.75) is 57.2 Å². The minimum Gasteiger partial charge on any atom is -0.390 e. The lowest BCUT2D eigenvalue weighted by Crippen LogP contribution is -2.44. The van der Waals surface area contributed by atoms with Gasteiger partial charge in [-0.15, -0.1) is 0 Å². The highest BCUT2D eigenvalue weighted by Gasteiger charge is 2.33. The first-order valence-electron chi connectivity index (χ1n) is 6.36. The van der Waals surface area contributed by atoms with Crippen LogP contribution in [0.1, 0.15) is 45.4 Å². The molecule has 102 valence electrons. The summed E-state index contributed by atoms with van der Waals surface area (Å²) in [6.07, 6.45) is -2.30. The first-order chi connectivity index (χ1) is 7.85. The molecule has 0 amide bonds. The Balaban J connectivity index is 2.25. The van der Waals surface area contributed by atoms with E-state index in [-0.39, 0.29) is 12.8 Å². The molecule has 0 aliphatic carbocycles. The van der Waals surface area contributed by atoms with Crippen LogP contribution in [0, 0.1) is 0 Å². The van der Waals surface area contributed by atoms with E-state index in [1.54, 1.807) is 0 Å². The lowest BCUT2D eigenvalue weighted by atomic mass is 9.86. The molecule has 0 spiro atoms. The molecule has 0 unspecified atom stereocenters. The van der Waals surface area contributed by atoms with E-state index in [9.17, 15) is 18.3 Å². The zero-order chi connectivity index (χ0) is 12.9. The van der Waals surface area contributed by atoms with E-state index < -0.39 is 18.2 Å². The van der Waals surface area contributed by atoms with E-state index in [1.807, 2.05) is 0 Å². The predicted octanol–water partition coefficient (Wildman–Crippen LogP) is 2.96. The fraction of sp³-hybridized carbons (Fsp3) is 1.00. The maximum atomic E-state index is 12.0. The first kappa shape index (κ1) is 14.8. The largest absolute Gasteiger partial charge is 0.390 e. The van der Waals surface area contributed by atoms with Crippen LogP contribution in [-0.2, 0) is 0 Å². The van der Waals surface area contributed by atoms with Crippen molar-refractivity contribution in [3.63, 3.8) is 0 Å². The van der Waals surface area contributed by atoms with Crippen molar-refractivity contribution in [3.05, 3.63) is 0 Å². The maximum Gasteiger partial charge on any atom is 0.389 e. The van der Waals surface area contributed by atoms with Crippen LogP contribution in [0.2, 0.25) is 0 Å². The van der Waals surface area contributed by atoms with Crippen LogP contribution in [0.15, 0.2) is 0 Å². The molecular weight excluding hydrogens is 231 g/mol. The topological polar surface area (TPSA) is 23.5 Å². The SMILES string of the molecule is CCCN1CCC(O)(CCCC(F)(F)F)CC1. The molecule has 1 N–H and O–H groups in total. The Morgan fingerprint density at radius 3 is 2.29 bits per heavy atom. The van der Waals surface area contributed by atoms with E-state index in [0.29, 0.717) is 12.8 Å². The summed E-state index contributed by atoms with van der Waals surface area (Å²) in [5.74, 6) is 0. The molecule has 0 bridgehead atoms. The minimum atomic E-state index is -4.10. The number of halogens is 3. The standard InChI is InChI=1S/C12H22F3NO/c1-2-8-16-9-6-11(17,7-10-16)4-3-5-12(13,14)15/h17H,2-10H2,1H3. The average Bonchev–Trinajstić information content (AvgIpc) is 2.20. The third kappa shape index (κ3) is 5.73. The minimum absolute atomic E-state index is 0.0355. The van der Waals surface area contributed by atoms with Crippen molar-refractivity contribution in [2.24, 2.45) is 0 Å². The second-order valence-electron chi connectivity index (χ2n) is 5.03. The van der Waals surface area contributed by atoms with Crippen molar-refractivity contribution >= 4 is 0 Å². The van der Waals surface area contributed by atoms with Gasteiger partial charge in [0.15, 0.2) is 0 Å². The number of hydrogen-bond donors (Lipinski definition) is 1. The van der Waals surface area contributed by atoms with Gasteiger partial charge in [-0.2, -0.15) is 13.2 Å². The molecule has 0 atom stereocenters. The zero-order valence-corrected chi connectivity index (χ0v) is 10.4. The number of alkyl halides is 3. The molecule has 0 radical (unpaired) electrons. The second kappa shape index (κ2) is 6.05. The van der Waals surface area contributed by atoms with Gasteiger partial charge in [-0.05, 0) is 38.6 Å². The Labute approximate surface area is 101 Å². The van der Waals surface area contributed by atoms with Crippen LogP contribution < -0.4 is 0 Å². The van der Waals surface area contributed by atoms with Crippen LogP contribution in [-0.4, -0.2) is 41.4 Å². The molecule has 1 aliphatic rings. The van der Waals surface area contributed by atoms with Gasteiger partial charge < -0.3 is 10.0 Å². The number of rotatable bonds is 5. The number of hydrogen-bond acceptors (Lipinski definition) is 2. The predicted molar refractivity (Wildman–Crippen MR) is 60.8 cm³/mol. The lowest BCUT2D eigenvalue weighted by Gasteiger charge is -2.38. The Morgan fingerprint density at radius 1 is 1.24 bits per heavy atom. The molecule has 1 saturated heterocycles. The van der Waals surface area contributed by atoms with Crippen LogP contribution in [0.3, 0.4) is 0 Å². The van der Waals surface area contributed by atoms with Crippen molar-refractivity contribution < 1.29 is 18.3 Å². The van der Waals surface area contributed by atoms with Crippen molar-refractivity contribution in [3.8, 4) is 0 Å². The molecule has 0 aromatic carbocycles. The molecule has 0 aromatic heterocycles. The van der Waals surface area contributed by atoms with E-state index in [1.165, 1.54) is 0 Å². The summed E-state index contributed by atoms with van der Waals surface area (Å²) < 4.78 is 36.0. The number of nitrogens with zero attached hydrogens (tertiary/aromatic N) is 1. The van der Waals surface area contributed by atoms with Gasteiger partial charge >= 0.3 is 6.18 Å². The van der Waals surface area contributed by atoms with E-state index in [4.69, 9.17) is 0 Å². The number of likely N-dealkylation sites (tertiary alicyclic amines) is 1. The van der Waals surface area contributed by atoms with Crippen LogP contribution in [0.25, 0.3) is 0 Å². The first-order valence-corrected chi connectivity index (χ1v) is 6.36. The van der Waals surface area contributed by atoms with Gasteiger partial charge in [0.2, 0.25) is 0 Å². The summed E-state index contributed by atoms with van der Waals surface area (Å²) in [4.78, 5) is 2.26. The molecule has 1 fully saturated rings. The molecular formula is C12H22F3NO. The summed E-state index contributed by atoms with van der Waals surface area (Å²) in [7, 11) is 0. The summed E-state index contributed by atoms with van der Waals surface area (Å²) in [6.45, 7) is 4.72. The second-order valence-corrected chi connectivity index (χ2v) is 5.03. The highest BCUT2D eigenvalue weighted by Crippen LogP contribution is 2.30. The third-order valence-electron chi connectivity index (χ3n) is 3.43. The summed E-state index contributed by atoms with van der Waals surface area (Å²) in [5, 5.41) is 10.2. The summed E-state index contributed by atoms with van der Waals surface area (Å²) in [6, 6.07) is 0. The molecule has 17 heavy (non-hydrogen) atoms. The van der Waals surface area contributed by atoms with Gasteiger partial charge in [-0.1, -0.05) is 6.92 Å². The van der Waals surface area contributed by atoms with E-state index >= 15 is 0 Å². The summed E-state index contributed by atoms with van der Waals surface area (Å²) in [5.41, 5.74) is -0.866. The Morgan fingerprint density at radius 2 is 1.82 bits per heavy atom. The normalized spacial score (nSPS) is 21.7. The Kier molecular flexibility index (Phi) is 5.25. The van der Waals surface area contributed by atoms with Crippen LogP contribution in [0.4, 0.5) is 13.2 Å². The summed E-state index contributed by atoms with van der Waals surface area (Å²) >= 11 is 0. The average molecular weight is 253 g/mol. The van der Waals surface area contributed by atoms with Crippen molar-refractivity contribution in [1.29, 1.82) is 0 Å². The lowest BCUT2D eigenvalue weighted by molar-refractivity contribution is -0.139.